The smallest absolute Gasteiger partial charge is 0.303 e. The van der Waals surface area contributed by atoms with Crippen LogP contribution in [0.1, 0.15) is 78.1 Å². The van der Waals surface area contributed by atoms with Crippen molar-refractivity contribution in [1.29, 1.82) is 0 Å². The fourth-order valence-electron chi connectivity index (χ4n) is 2.06. The summed E-state index contributed by atoms with van der Waals surface area (Å²) in [6, 6.07) is 0. The molecule has 0 unspecified atom stereocenters. The van der Waals surface area contributed by atoms with Gasteiger partial charge in [-0.25, -0.2) is 0 Å². The van der Waals surface area contributed by atoms with Crippen LogP contribution < -0.4 is 0 Å². The first kappa shape index (κ1) is 18.9. The van der Waals surface area contributed by atoms with Gasteiger partial charge in [-0.2, -0.15) is 0 Å². The molecule has 0 aliphatic carbocycles. The van der Waals surface area contributed by atoms with Crippen molar-refractivity contribution in [1.82, 2.24) is 0 Å². The molecule has 2 nitrogen and oxygen atoms in total. The monoisotopic (exact) mass is 280 g/mol. The van der Waals surface area contributed by atoms with Gasteiger partial charge in [0.2, 0.25) is 0 Å². The van der Waals surface area contributed by atoms with Crippen molar-refractivity contribution in [3.8, 4) is 0 Å². The van der Waals surface area contributed by atoms with Crippen LogP contribution in [0.15, 0.2) is 24.3 Å². The molecular formula is C18H32O2. The van der Waals surface area contributed by atoms with Gasteiger partial charge in [0, 0.05) is 6.42 Å². The highest BCUT2D eigenvalue weighted by molar-refractivity contribution is 5.66. The topological polar surface area (TPSA) is 37.3 Å². The van der Waals surface area contributed by atoms with Crippen LogP contribution >= 0.6 is 0 Å². The van der Waals surface area contributed by atoms with Crippen molar-refractivity contribution in [3.05, 3.63) is 24.3 Å². The van der Waals surface area contributed by atoms with Crippen LogP contribution in [-0.2, 0) is 4.79 Å². The maximum Gasteiger partial charge on any atom is 0.303 e. The first-order chi connectivity index (χ1) is 9.63. The largest absolute Gasteiger partial charge is 0.481 e. The molecular weight excluding hydrogens is 248 g/mol. The minimum absolute atomic E-state index is 0.315. The molecule has 0 saturated heterocycles. The summed E-state index contributed by atoms with van der Waals surface area (Å²) in [4.78, 5) is 10.3. The van der Waals surface area contributed by atoms with Gasteiger partial charge < -0.3 is 5.11 Å². The molecule has 0 aliphatic heterocycles. The molecule has 0 atom stereocenters. The van der Waals surface area contributed by atoms with E-state index in [0.29, 0.717) is 6.42 Å². The van der Waals surface area contributed by atoms with Gasteiger partial charge in [0.25, 0.3) is 0 Å². The summed E-state index contributed by atoms with van der Waals surface area (Å²) in [5.74, 6) is 0.151. The van der Waals surface area contributed by atoms with E-state index in [1.165, 1.54) is 32.1 Å². The average Bonchev–Trinajstić information content (AvgIpc) is 2.38. The van der Waals surface area contributed by atoms with E-state index in [1.54, 1.807) is 0 Å². The maximum absolute atomic E-state index is 10.3. The number of allylic oxidation sites excluding steroid dienone is 4. The summed E-state index contributed by atoms with van der Waals surface area (Å²) in [7, 11) is 0. The third-order valence-electron chi connectivity index (χ3n) is 3.30. The number of carboxylic acid groups (broad SMARTS) is 1. The molecule has 20 heavy (non-hydrogen) atoms. The Morgan fingerprint density at radius 1 is 0.900 bits per heavy atom. The Bertz CT molecular complexity index is 277. The SMILES string of the molecule is CC(C)CCCC/C=C\C=C\CCCCCCC(=O)O. The summed E-state index contributed by atoms with van der Waals surface area (Å²) in [5.41, 5.74) is 0. The van der Waals surface area contributed by atoms with E-state index < -0.39 is 5.97 Å². The Morgan fingerprint density at radius 2 is 1.45 bits per heavy atom. The van der Waals surface area contributed by atoms with E-state index in [9.17, 15) is 4.79 Å². The fraction of sp³-hybridized carbons (Fsp3) is 0.722. The normalized spacial score (nSPS) is 11.9. The molecule has 1 N–H and O–H groups in total. The lowest BCUT2D eigenvalue weighted by molar-refractivity contribution is -0.137. The molecule has 0 saturated carbocycles. The van der Waals surface area contributed by atoms with E-state index in [2.05, 4.69) is 38.2 Å². The van der Waals surface area contributed by atoms with Gasteiger partial charge in [0.05, 0.1) is 0 Å². The lowest BCUT2D eigenvalue weighted by Gasteiger charge is -2.01. The second-order valence-electron chi connectivity index (χ2n) is 5.88. The molecule has 0 radical (unpaired) electrons. The molecule has 0 aromatic heterocycles. The van der Waals surface area contributed by atoms with Gasteiger partial charge in [-0.15, -0.1) is 0 Å². The molecule has 0 amide bonds. The number of aliphatic carboxylic acids is 1. The Hall–Kier alpha value is -1.05. The van der Waals surface area contributed by atoms with E-state index in [0.717, 1.165) is 31.6 Å². The van der Waals surface area contributed by atoms with Gasteiger partial charge in [-0.1, -0.05) is 63.8 Å². The molecule has 0 aromatic carbocycles. The first-order valence-electron chi connectivity index (χ1n) is 8.16. The van der Waals surface area contributed by atoms with Crippen LogP contribution in [0.25, 0.3) is 0 Å². The predicted molar refractivity (Wildman–Crippen MR) is 86.9 cm³/mol. The molecule has 2 heteroatoms. The second-order valence-corrected chi connectivity index (χ2v) is 5.88. The zero-order valence-electron chi connectivity index (χ0n) is 13.3. The van der Waals surface area contributed by atoms with E-state index >= 15 is 0 Å². The highest BCUT2D eigenvalue weighted by Crippen LogP contribution is 2.08. The zero-order valence-corrected chi connectivity index (χ0v) is 13.3. The minimum Gasteiger partial charge on any atom is -0.481 e. The molecule has 0 aliphatic rings. The fourth-order valence-corrected chi connectivity index (χ4v) is 2.06. The summed E-state index contributed by atoms with van der Waals surface area (Å²) >= 11 is 0. The first-order valence-corrected chi connectivity index (χ1v) is 8.16. The summed E-state index contributed by atoms with van der Waals surface area (Å²) in [5, 5.41) is 8.50. The summed E-state index contributed by atoms with van der Waals surface area (Å²) in [6.07, 6.45) is 19.5. The Morgan fingerprint density at radius 3 is 2.00 bits per heavy atom. The Kier molecular flexibility index (Phi) is 13.6. The Balaban J connectivity index is 3.24. The van der Waals surface area contributed by atoms with Crippen LogP contribution in [0.4, 0.5) is 0 Å². The van der Waals surface area contributed by atoms with Gasteiger partial charge in [-0.3, -0.25) is 4.79 Å². The highest BCUT2D eigenvalue weighted by Gasteiger charge is 1.95. The number of rotatable bonds is 13. The van der Waals surface area contributed by atoms with Crippen LogP contribution in [0.3, 0.4) is 0 Å². The number of carboxylic acids is 1. The summed E-state index contributed by atoms with van der Waals surface area (Å²) in [6.45, 7) is 4.56. The maximum atomic E-state index is 10.3. The Labute approximate surface area is 125 Å². The number of hydrogen-bond donors (Lipinski definition) is 1. The van der Waals surface area contributed by atoms with Crippen molar-refractivity contribution >= 4 is 5.97 Å². The molecule has 0 spiro atoms. The van der Waals surface area contributed by atoms with Crippen molar-refractivity contribution in [3.63, 3.8) is 0 Å². The van der Waals surface area contributed by atoms with Crippen LogP contribution in [0, 0.1) is 5.92 Å². The van der Waals surface area contributed by atoms with Crippen molar-refractivity contribution in [2.24, 2.45) is 5.92 Å². The van der Waals surface area contributed by atoms with E-state index in [4.69, 9.17) is 5.11 Å². The molecule has 0 aromatic rings. The van der Waals surface area contributed by atoms with Crippen molar-refractivity contribution in [2.45, 2.75) is 78.1 Å². The number of hydrogen-bond acceptors (Lipinski definition) is 1. The molecule has 116 valence electrons. The number of unbranched alkanes of at least 4 members (excludes halogenated alkanes) is 6. The van der Waals surface area contributed by atoms with Crippen LogP contribution in [0.2, 0.25) is 0 Å². The molecule has 0 rings (SSSR count). The summed E-state index contributed by atoms with van der Waals surface area (Å²) < 4.78 is 0. The zero-order chi connectivity index (χ0) is 15.1. The predicted octanol–water partition coefficient (Wildman–Crippen LogP) is 5.74. The lowest BCUT2D eigenvalue weighted by Crippen LogP contribution is -1.93. The van der Waals surface area contributed by atoms with Crippen LogP contribution in [-0.4, -0.2) is 11.1 Å². The van der Waals surface area contributed by atoms with Gasteiger partial charge in [0.1, 0.15) is 0 Å². The van der Waals surface area contributed by atoms with Crippen molar-refractivity contribution in [2.75, 3.05) is 0 Å². The third-order valence-corrected chi connectivity index (χ3v) is 3.30. The van der Waals surface area contributed by atoms with E-state index in [1.807, 2.05) is 0 Å². The highest BCUT2D eigenvalue weighted by atomic mass is 16.4. The average molecular weight is 280 g/mol. The van der Waals surface area contributed by atoms with Crippen molar-refractivity contribution < 1.29 is 9.90 Å². The minimum atomic E-state index is -0.677. The van der Waals surface area contributed by atoms with Gasteiger partial charge >= 0.3 is 5.97 Å². The standard InChI is InChI=1S/C18H32O2/c1-17(2)15-13-11-9-7-5-3-4-6-8-10-12-14-16-18(19)20/h3-5,7,17H,6,8-16H2,1-2H3,(H,19,20)/b4-3+,7-5-. The molecule has 0 fully saturated rings. The molecule has 0 bridgehead atoms. The van der Waals surface area contributed by atoms with Gasteiger partial charge in [-0.05, 0) is 38.0 Å². The second kappa shape index (κ2) is 14.4. The van der Waals surface area contributed by atoms with E-state index in [-0.39, 0.29) is 0 Å². The lowest BCUT2D eigenvalue weighted by atomic mass is 10.1. The molecule has 0 heterocycles. The quantitative estimate of drug-likeness (QED) is 0.345. The number of carbonyl (C=O) groups is 1. The third kappa shape index (κ3) is 16.9. The van der Waals surface area contributed by atoms with Gasteiger partial charge in [0.15, 0.2) is 0 Å². The van der Waals surface area contributed by atoms with Crippen LogP contribution in [0.5, 0.6) is 0 Å².